The van der Waals surface area contributed by atoms with Crippen molar-refractivity contribution in [2.24, 2.45) is 23.2 Å². The number of fused-ring (bicyclic) bond motifs is 1. The zero-order valence-corrected chi connectivity index (χ0v) is 16.4. The molecule has 0 amide bonds. The summed E-state index contributed by atoms with van der Waals surface area (Å²) in [6.45, 7) is 12.1. The molecule has 2 heterocycles. The second-order valence-corrected chi connectivity index (χ2v) is 7.62. The Labute approximate surface area is 147 Å². The van der Waals surface area contributed by atoms with E-state index in [1.807, 2.05) is 41.5 Å². The molecule has 0 aromatic rings. The third-order valence-corrected chi connectivity index (χ3v) is 5.42. The second-order valence-electron chi connectivity index (χ2n) is 7.62. The first-order valence-corrected chi connectivity index (χ1v) is 9.73. The molecule has 4 fully saturated rings. The largest absolute Gasteiger partial charge is 0.466 e. The predicted molar refractivity (Wildman–Crippen MR) is 95.5 cm³/mol. The highest BCUT2D eigenvalue weighted by Gasteiger charge is 2.44. The van der Waals surface area contributed by atoms with Crippen molar-refractivity contribution >= 4 is 11.9 Å². The van der Waals surface area contributed by atoms with Gasteiger partial charge < -0.3 is 9.47 Å². The molecule has 4 bridgehead atoms. The van der Waals surface area contributed by atoms with Gasteiger partial charge >= 0.3 is 11.9 Å². The highest BCUT2D eigenvalue weighted by molar-refractivity contribution is 5.75. The van der Waals surface area contributed by atoms with Crippen LogP contribution in [0.25, 0.3) is 0 Å². The van der Waals surface area contributed by atoms with Gasteiger partial charge in [0.25, 0.3) is 0 Å². The van der Waals surface area contributed by atoms with Gasteiger partial charge in [0.1, 0.15) is 6.10 Å². The molecule has 0 aromatic carbocycles. The molecule has 2 saturated carbocycles. The van der Waals surface area contributed by atoms with Gasteiger partial charge in [0.05, 0.1) is 17.9 Å². The van der Waals surface area contributed by atoms with Crippen LogP contribution in [0.2, 0.25) is 0 Å². The lowest BCUT2D eigenvalue weighted by Crippen LogP contribution is -2.29. The van der Waals surface area contributed by atoms with E-state index in [4.69, 9.17) is 9.47 Å². The van der Waals surface area contributed by atoms with Crippen LogP contribution in [0.4, 0.5) is 0 Å². The Balaban J connectivity index is 0.000000223. The van der Waals surface area contributed by atoms with Crippen molar-refractivity contribution < 1.29 is 19.1 Å². The average Bonchev–Trinajstić information content (AvgIpc) is 2.73. The highest BCUT2D eigenvalue weighted by atomic mass is 16.5. The Morgan fingerprint density at radius 3 is 2.08 bits per heavy atom. The fourth-order valence-electron chi connectivity index (χ4n) is 3.81. The molecule has 0 spiro atoms. The van der Waals surface area contributed by atoms with Crippen LogP contribution in [0.3, 0.4) is 0 Å². The first-order valence-electron chi connectivity index (χ1n) is 9.73. The van der Waals surface area contributed by atoms with E-state index < -0.39 is 0 Å². The first-order chi connectivity index (χ1) is 11.4. The summed E-state index contributed by atoms with van der Waals surface area (Å²) in [7, 11) is 0. The van der Waals surface area contributed by atoms with Crippen molar-refractivity contribution in [2.75, 3.05) is 6.61 Å². The molecule has 2 aliphatic carbocycles. The zero-order chi connectivity index (χ0) is 18.3. The molecule has 140 valence electrons. The maximum Gasteiger partial charge on any atom is 0.311 e. The van der Waals surface area contributed by atoms with Crippen molar-refractivity contribution in [3.05, 3.63) is 0 Å². The molecule has 0 aromatic heterocycles. The van der Waals surface area contributed by atoms with Crippen molar-refractivity contribution in [3.63, 3.8) is 0 Å². The number of carbonyl (C=O) groups excluding carboxylic acids is 2. The maximum absolute atomic E-state index is 11.4. The Morgan fingerprint density at radius 2 is 1.62 bits per heavy atom. The van der Waals surface area contributed by atoms with Crippen LogP contribution in [-0.4, -0.2) is 24.6 Å². The topological polar surface area (TPSA) is 52.6 Å². The fraction of sp³-hybridized carbons (Fsp3) is 0.900. The molecule has 0 N–H and O–H groups in total. The molecule has 2 saturated heterocycles. The molecule has 4 aliphatic rings. The van der Waals surface area contributed by atoms with E-state index in [0.717, 1.165) is 43.9 Å². The summed E-state index contributed by atoms with van der Waals surface area (Å²) in [6.07, 6.45) is 7.01. The number of hydrogen-bond acceptors (Lipinski definition) is 4. The molecular formula is C20H36O4. The summed E-state index contributed by atoms with van der Waals surface area (Å²) in [6, 6.07) is 0. The molecule has 4 heteroatoms. The van der Waals surface area contributed by atoms with E-state index in [1.54, 1.807) is 0 Å². The third kappa shape index (κ3) is 5.49. The Kier molecular flexibility index (Phi) is 8.24. The summed E-state index contributed by atoms with van der Waals surface area (Å²) >= 11 is 0. The minimum absolute atomic E-state index is 0.0995. The third-order valence-electron chi connectivity index (χ3n) is 5.42. The second kappa shape index (κ2) is 9.43. The maximum atomic E-state index is 11.4. The van der Waals surface area contributed by atoms with Crippen LogP contribution >= 0.6 is 0 Å². The van der Waals surface area contributed by atoms with Crippen LogP contribution in [0.15, 0.2) is 0 Å². The standard InChI is InChI=1S/C10H14O2.C8H16O2.C2H6/c11-10-8-2-6-1-7(3-8)5-9(4-6)12-10;1-5-8(3,4)7(9)10-6-2;1-2/h6-9H,1-5H2;5-6H2,1-4H3;1-2H3. The van der Waals surface area contributed by atoms with Gasteiger partial charge in [0, 0.05) is 0 Å². The fourth-order valence-corrected chi connectivity index (χ4v) is 3.81. The molecule has 24 heavy (non-hydrogen) atoms. The number of rotatable bonds is 3. The van der Waals surface area contributed by atoms with E-state index in [1.165, 1.54) is 6.42 Å². The zero-order valence-electron chi connectivity index (χ0n) is 16.4. The van der Waals surface area contributed by atoms with Crippen LogP contribution in [0.1, 0.15) is 80.1 Å². The summed E-state index contributed by atoms with van der Waals surface area (Å²) in [5, 5.41) is 0. The summed E-state index contributed by atoms with van der Waals surface area (Å²) in [4.78, 5) is 22.5. The molecule has 2 unspecified atom stereocenters. The summed E-state index contributed by atoms with van der Waals surface area (Å²) < 4.78 is 10.3. The van der Waals surface area contributed by atoms with Gasteiger partial charge in [-0.1, -0.05) is 20.8 Å². The summed E-state index contributed by atoms with van der Waals surface area (Å²) in [5.41, 5.74) is -0.310. The van der Waals surface area contributed by atoms with Crippen molar-refractivity contribution in [1.82, 2.24) is 0 Å². The number of esters is 2. The van der Waals surface area contributed by atoms with Crippen LogP contribution in [0, 0.1) is 23.2 Å². The Morgan fingerprint density at radius 1 is 1.08 bits per heavy atom. The van der Waals surface area contributed by atoms with E-state index in [-0.39, 0.29) is 29.4 Å². The van der Waals surface area contributed by atoms with Gasteiger partial charge in [0.15, 0.2) is 0 Å². The lowest BCUT2D eigenvalue weighted by atomic mass is 9.68. The molecular weight excluding hydrogens is 304 g/mol. The Hall–Kier alpha value is -1.06. The van der Waals surface area contributed by atoms with Gasteiger partial charge in [-0.05, 0) is 71.1 Å². The normalized spacial score (nSPS) is 30.2. The monoisotopic (exact) mass is 340 g/mol. The molecule has 2 atom stereocenters. The van der Waals surface area contributed by atoms with E-state index in [0.29, 0.717) is 6.61 Å². The summed E-state index contributed by atoms with van der Waals surface area (Å²) in [5.74, 6) is 1.88. The molecule has 2 aliphatic heterocycles. The van der Waals surface area contributed by atoms with Crippen LogP contribution in [0.5, 0.6) is 0 Å². The lowest BCUT2D eigenvalue weighted by molar-refractivity contribution is -0.153. The van der Waals surface area contributed by atoms with E-state index in [2.05, 4.69) is 0 Å². The predicted octanol–water partition coefficient (Wildman–Crippen LogP) is 4.75. The number of ether oxygens (including phenoxy) is 2. The van der Waals surface area contributed by atoms with Gasteiger partial charge in [-0.25, -0.2) is 0 Å². The van der Waals surface area contributed by atoms with Gasteiger partial charge in [-0.2, -0.15) is 0 Å². The quantitative estimate of drug-likeness (QED) is 0.696. The molecule has 4 nitrogen and oxygen atoms in total. The van der Waals surface area contributed by atoms with E-state index in [9.17, 15) is 9.59 Å². The van der Waals surface area contributed by atoms with Crippen LogP contribution in [-0.2, 0) is 19.1 Å². The van der Waals surface area contributed by atoms with E-state index >= 15 is 0 Å². The first kappa shape index (κ1) is 21.0. The van der Waals surface area contributed by atoms with Crippen molar-refractivity contribution in [2.45, 2.75) is 86.2 Å². The number of carbonyl (C=O) groups is 2. The minimum atomic E-state index is -0.310. The Bertz CT molecular complexity index is 402. The van der Waals surface area contributed by atoms with Crippen molar-refractivity contribution in [3.8, 4) is 0 Å². The number of hydrogen-bond donors (Lipinski definition) is 0. The SMILES string of the molecule is CC.CCOC(=O)C(C)(C)CC.O=C1OC2CC3CC(C2)CC1C3. The van der Waals surface area contributed by atoms with Gasteiger partial charge in [-0.3, -0.25) is 9.59 Å². The van der Waals surface area contributed by atoms with Gasteiger partial charge in [0.2, 0.25) is 0 Å². The smallest absolute Gasteiger partial charge is 0.311 e. The average molecular weight is 341 g/mol. The lowest BCUT2D eigenvalue weighted by Gasteiger charge is -2.35. The van der Waals surface area contributed by atoms with Gasteiger partial charge in [-0.15, -0.1) is 0 Å². The highest BCUT2D eigenvalue weighted by Crippen LogP contribution is 2.46. The van der Waals surface area contributed by atoms with Crippen molar-refractivity contribution in [1.29, 1.82) is 0 Å². The molecule has 4 rings (SSSR count). The van der Waals surface area contributed by atoms with Crippen LogP contribution < -0.4 is 0 Å². The minimum Gasteiger partial charge on any atom is -0.466 e. The molecule has 0 radical (unpaired) electrons.